The van der Waals surface area contributed by atoms with E-state index in [1.807, 2.05) is 45.0 Å². The number of nitrogens with one attached hydrogen (secondary N) is 1. The Morgan fingerprint density at radius 1 is 1.14 bits per heavy atom. The van der Waals surface area contributed by atoms with Crippen LogP contribution in [0.2, 0.25) is 0 Å². The van der Waals surface area contributed by atoms with Gasteiger partial charge in [-0.25, -0.2) is 4.79 Å². The van der Waals surface area contributed by atoms with Crippen LogP contribution >= 0.6 is 0 Å². The third-order valence-corrected chi connectivity index (χ3v) is 4.18. The minimum absolute atomic E-state index is 0.188. The minimum Gasteiger partial charge on any atom is -0.494 e. The molecule has 0 unspecified atom stereocenters. The number of nitriles is 1. The lowest BCUT2D eigenvalue weighted by Crippen LogP contribution is -2.22. The van der Waals surface area contributed by atoms with E-state index in [0.717, 1.165) is 23.2 Å². The Morgan fingerprint density at radius 3 is 2.48 bits per heavy atom. The monoisotopic (exact) mass is 392 g/mol. The highest BCUT2D eigenvalue weighted by atomic mass is 16.5. The molecule has 0 fully saturated rings. The van der Waals surface area contributed by atoms with Crippen LogP contribution in [0.3, 0.4) is 0 Å². The summed E-state index contributed by atoms with van der Waals surface area (Å²) in [6, 6.07) is 14.5. The van der Waals surface area contributed by atoms with Crippen LogP contribution in [0.25, 0.3) is 6.08 Å². The summed E-state index contributed by atoms with van der Waals surface area (Å²) in [6.45, 7) is 5.85. The molecule has 2 rings (SSSR count). The fraction of sp³-hybridized carbons (Fsp3) is 0.261. The molecule has 0 radical (unpaired) electrons. The van der Waals surface area contributed by atoms with Gasteiger partial charge in [0.05, 0.1) is 6.61 Å². The molecule has 1 amide bonds. The maximum atomic E-state index is 12.2. The third-order valence-electron chi connectivity index (χ3n) is 4.18. The van der Waals surface area contributed by atoms with Crippen LogP contribution in [0.5, 0.6) is 5.75 Å². The summed E-state index contributed by atoms with van der Waals surface area (Å²) in [7, 11) is 0. The average molecular weight is 392 g/mol. The molecule has 0 saturated carbocycles. The Kier molecular flexibility index (Phi) is 7.99. The van der Waals surface area contributed by atoms with Crippen molar-refractivity contribution in [2.45, 2.75) is 27.2 Å². The maximum Gasteiger partial charge on any atom is 0.349 e. The molecular formula is C23H24N2O4. The number of carbonyl (C=O) groups is 2. The van der Waals surface area contributed by atoms with E-state index in [0.29, 0.717) is 17.9 Å². The van der Waals surface area contributed by atoms with Crippen LogP contribution < -0.4 is 10.1 Å². The third kappa shape index (κ3) is 6.22. The Hall–Kier alpha value is -3.59. The maximum absolute atomic E-state index is 12.2. The molecule has 2 aromatic rings. The van der Waals surface area contributed by atoms with Crippen molar-refractivity contribution in [1.29, 1.82) is 5.26 Å². The van der Waals surface area contributed by atoms with Crippen LogP contribution in [0.15, 0.2) is 48.0 Å². The molecule has 1 N–H and O–H groups in total. The molecule has 0 aliphatic heterocycles. The van der Waals surface area contributed by atoms with Gasteiger partial charge in [-0.15, -0.1) is 0 Å². The minimum atomic E-state index is -0.850. The number of para-hydroxylation sites is 1. The molecule has 0 atom stereocenters. The standard InChI is InChI=1S/C23H24N2O4/c1-4-18-8-6-7-16(3)22(18)25-21(26)15-29-23(27)19(14-24)13-17-9-11-20(12-10-17)28-5-2/h6-13H,4-5,15H2,1-3H3,(H,25,26)/b19-13+. The number of benzene rings is 2. The van der Waals surface area contributed by atoms with E-state index in [2.05, 4.69) is 5.32 Å². The largest absolute Gasteiger partial charge is 0.494 e. The van der Waals surface area contributed by atoms with Gasteiger partial charge < -0.3 is 14.8 Å². The van der Waals surface area contributed by atoms with E-state index in [4.69, 9.17) is 9.47 Å². The van der Waals surface area contributed by atoms with Crippen molar-refractivity contribution in [3.05, 3.63) is 64.7 Å². The first kappa shape index (κ1) is 21.7. The van der Waals surface area contributed by atoms with Crippen LogP contribution in [-0.4, -0.2) is 25.1 Å². The van der Waals surface area contributed by atoms with Gasteiger partial charge in [0.15, 0.2) is 6.61 Å². The molecule has 29 heavy (non-hydrogen) atoms. The number of anilines is 1. The zero-order valence-corrected chi connectivity index (χ0v) is 16.8. The number of hydrogen-bond donors (Lipinski definition) is 1. The van der Waals surface area contributed by atoms with E-state index in [1.165, 1.54) is 6.08 Å². The molecule has 0 aliphatic carbocycles. The molecule has 0 aliphatic rings. The summed E-state index contributed by atoms with van der Waals surface area (Å²) in [4.78, 5) is 24.4. The highest BCUT2D eigenvalue weighted by molar-refractivity contribution is 6.00. The first-order chi connectivity index (χ1) is 14.0. The zero-order chi connectivity index (χ0) is 21.2. The number of aryl methyl sites for hydroxylation is 2. The smallest absolute Gasteiger partial charge is 0.349 e. The number of ether oxygens (including phenoxy) is 2. The van der Waals surface area contributed by atoms with Gasteiger partial charge in [0.25, 0.3) is 5.91 Å². The van der Waals surface area contributed by atoms with Gasteiger partial charge in [0.2, 0.25) is 0 Å². The molecule has 0 saturated heterocycles. The quantitative estimate of drug-likeness (QED) is 0.416. The van der Waals surface area contributed by atoms with E-state index in [-0.39, 0.29) is 5.57 Å². The second-order valence-electron chi connectivity index (χ2n) is 6.26. The Labute approximate surface area is 170 Å². The summed E-state index contributed by atoms with van der Waals surface area (Å²) in [5.74, 6) is -0.609. The SMILES string of the molecule is CCOc1ccc(/C=C(\C#N)C(=O)OCC(=O)Nc2c(C)cccc2CC)cc1. The number of carbonyl (C=O) groups excluding carboxylic acids is 2. The van der Waals surface area contributed by atoms with Crippen molar-refractivity contribution in [2.24, 2.45) is 0 Å². The summed E-state index contributed by atoms with van der Waals surface area (Å²) in [6.07, 6.45) is 2.17. The molecule has 0 heterocycles. The Balaban J connectivity index is 1.99. The number of esters is 1. The van der Waals surface area contributed by atoms with Crippen LogP contribution in [0.4, 0.5) is 5.69 Å². The van der Waals surface area contributed by atoms with Crippen LogP contribution in [-0.2, 0) is 20.7 Å². The normalized spacial score (nSPS) is 10.8. The van der Waals surface area contributed by atoms with Crippen molar-refractivity contribution in [2.75, 3.05) is 18.5 Å². The predicted octanol–water partition coefficient (Wildman–Crippen LogP) is 4.05. The van der Waals surface area contributed by atoms with Gasteiger partial charge in [-0.05, 0) is 55.2 Å². The van der Waals surface area contributed by atoms with Crippen molar-refractivity contribution in [3.63, 3.8) is 0 Å². The van der Waals surface area contributed by atoms with Crippen LogP contribution in [0, 0.1) is 18.3 Å². The lowest BCUT2D eigenvalue weighted by Gasteiger charge is -2.13. The molecule has 6 nitrogen and oxygen atoms in total. The summed E-state index contributed by atoms with van der Waals surface area (Å²) in [5, 5.41) is 12.0. The molecular weight excluding hydrogens is 368 g/mol. The Morgan fingerprint density at radius 2 is 1.86 bits per heavy atom. The Bertz CT molecular complexity index is 940. The fourth-order valence-electron chi connectivity index (χ4n) is 2.72. The average Bonchev–Trinajstić information content (AvgIpc) is 2.73. The van der Waals surface area contributed by atoms with Gasteiger partial charge in [0, 0.05) is 5.69 Å². The second kappa shape index (κ2) is 10.7. The molecule has 2 aromatic carbocycles. The van der Waals surface area contributed by atoms with Crippen molar-refractivity contribution >= 4 is 23.6 Å². The molecule has 0 spiro atoms. The number of amides is 1. The lowest BCUT2D eigenvalue weighted by atomic mass is 10.1. The van der Waals surface area contributed by atoms with Gasteiger partial charge >= 0.3 is 5.97 Å². The second-order valence-corrected chi connectivity index (χ2v) is 6.26. The van der Waals surface area contributed by atoms with Gasteiger partial charge in [-0.3, -0.25) is 4.79 Å². The number of nitrogens with zero attached hydrogens (tertiary/aromatic N) is 1. The highest BCUT2D eigenvalue weighted by Crippen LogP contribution is 2.21. The topological polar surface area (TPSA) is 88.4 Å². The van der Waals surface area contributed by atoms with E-state index >= 15 is 0 Å². The molecule has 150 valence electrons. The van der Waals surface area contributed by atoms with Gasteiger partial charge in [-0.2, -0.15) is 5.26 Å². The predicted molar refractivity (Wildman–Crippen MR) is 111 cm³/mol. The summed E-state index contributed by atoms with van der Waals surface area (Å²) in [5.41, 5.74) is 3.11. The number of hydrogen-bond acceptors (Lipinski definition) is 5. The summed E-state index contributed by atoms with van der Waals surface area (Å²) >= 11 is 0. The van der Waals surface area contributed by atoms with E-state index < -0.39 is 18.5 Å². The first-order valence-electron chi connectivity index (χ1n) is 9.38. The van der Waals surface area contributed by atoms with Crippen LogP contribution in [0.1, 0.15) is 30.5 Å². The van der Waals surface area contributed by atoms with Crippen molar-refractivity contribution < 1.29 is 19.1 Å². The molecule has 6 heteroatoms. The summed E-state index contributed by atoms with van der Waals surface area (Å²) < 4.78 is 10.4. The first-order valence-corrected chi connectivity index (χ1v) is 9.38. The molecule has 0 bridgehead atoms. The number of rotatable bonds is 8. The van der Waals surface area contributed by atoms with Crippen molar-refractivity contribution in [1.82, 2.24) is 0 Å². The van der Waals surface area contributed by atoms with Gasteiger partial charge in [-0.1, -0.05) is 37.3 Å². The highest BCUT2D eigenvalue weighted by Gasteiger charge is 2.15. The fourth-order valence-corrected chi connectivity index (χ4v) is 2.72. The lowest BCUT2D eigenvalue weighted by molar-refractivity contribution is -0.142. The van der Waals surface area contributed by atoms with E-state index in [1.54, 1.807) is 24.3 Å². The van der Waals surface area contributed by atoms with Crippen molar-refractivity contribution in [3.8, 4) is 11.8 Å². The van der Waals surface area contributed by atoms with Gasteiger partial charge in [0.1, 0.15) is 17.4 Å². The zero-order valence-electron chi connectivity index (χ0n) is 16.8. The van der Waals surface area contributed by atoms with E-state index in [9.17, 15) is 14.9 Å². The molecule has 0 aromatic heterocycles.